The van der Waals surface area contributed by atoms with Crippen molar-refractivity contribution in [3.8, 4) is 11.1 Å². The normalized spacial score (nSPS) is 14.3. The molecule has 2 aromatic carbocycles. The number of carbonyl (C=O) groups is 2. The number of aromatic amines is 1. The number of aromatic nitrogens is 1. The van der Waals surface area contributed by atoms with Crippen LogP contribution in [0.3, 0.4) is 0 Å². The molecule has 0 saturated heterocycles. The van der Waals surface area contributed by atoms with E-state index in [-0.39, 0.29) is 17.3 Å². The van der Waals surface area contributed by atoms with Crippen LogP contribution in [0.5, 0.6) is 0 Å². The van der Waals surface area contributed by atoms with Crippen LogP contribution < -0.4 is 5.32 Å². The van der Waals surface area contributed by atoms with Gasteiger partial charge >= 0.3 is 5.97 Å². The van der Waals surface area contributed by atoms with E-state index in [9.17, 15) is 19.1 Å². The van der Waals surface area contributed by atoms with E-state index in [1.54, 1.807) is 49.4 Å². The molecule has 2 heterocycles. The molecule has 0 radical (unpaired) electrons. The van der Waals surface area contributed by atoms with Crippen molar-refractivity contribution in [3.63, 3.8) is 0 Å². The second kappa shape index (κ2) is 6.25. The minimum Gasteiger partial charge on any atom is -0.478 e. The standard InChI is InChI=1S/C21H15FN2O3/c1-11-15(21(26)27)10-23-18(11)9-14-19-13(12-5-2-3-7-16(12)22)6-4-8-17(19)24-20(14)25/h2-10,23H,1H3,(H,24,25)(H,26,27)/b14-9-. The van der Waals surface area contributed by atoms with Crippen LogP contribution in [0.2, 0.25) is 0 Å². The van der Waals surface area contributed by atoms with E-state index >= 15 is 0 Å². The third-order valence-electron chi connectivity index (χ3n) is 4.69. The maximum absolute atomic E-state index is 14.4. The van der Waals surface area contributed by atoms with Gasteiger partial charge < -0.3 is 15.4 Å². The average Bonchev–Trinajstić information content (AvgIpc) is 3.16. The van der Waals surface area contributed by atoms with Gasteiger partial charge in [-0.1, -0.05) is 30.3 Å². The van der Waals surface area contributed by atoms with Crippen molar-refractivity contribution < 1.29 is 19.1 Å². The molecule has 4 rings (SSSR count). The molecule has 5 nitrogen and oxygen atoms in total. The zero-order valence-corrected chi connectivity index (χ0v) is 14.3. The molecule has 0 aliphatic carbocycles. The fraction of sp³-hybridized carbons (Fsp3) is 0.0476. The van der Waals surface area contributed by atoms with Crippen LogP contribution in [0.25, 0.3) is 22.8 Å². The molecule has 134 valence electrons. The van der Waals surface area contributed by atoms with E-state index in [0.29, 0.717) is 39.2 Å². The number of H-pyrrole nitrogens is 1. The number of carbonyl (C=O) groups excluding carboxylic acids is 1. The number of nitrogens with one attached hydrogen (secondary N) is 2. The molecular formula is C21H15FN2O3. The van der Waals surface area contributed by atoms with Gasteiger partial charge in [0, 0.05) is 28.7 Å². The van der Waals surface area contributed by atoms with Crippen molar-refractivity contribution in [1.82, 2.24) is 4.98 Å². The van der Waals surface area contributed by atoms with Crippen LogP contribution in [-0.2, 0) is 4.79 Å². The topological polar surface area (TPSA) is 82.2 Å². The average molecular weight is 362 g/mol. The summed E-state index contributed by atoms with van der Waals surface area (Å²) in [5, 5.41) is 12.0. The minimum absolute atomic E-state index is 0.142. The maximum atomic E-state index is 14.4. The zero-order chi connectivity index (χ0) is 19.1. The Balaban J connectivity index is 1.91. The van der Waals surface area contributed by atoms with E-state index in [0.717, 1.165) is 0 Å². The van der Waals surface area contributed by atoms with Gasteiger partial charge in [0.15, 0.2) is 0 Å². The summed E-state index contributed by atoms with van der Waals surface area (Å²) in [4.78, 5) is 26.7. The van der Waals surface area contributed by atoms with Gasteiger partial charge in [-0.2, -0.15) is 0 Å². The first-order valence-corrected chi connectivity index (χ1v) is 8.30. The van der Waals surface area contributed by atoms with E-state index < -0.39 is 5.97 Å². The molecule has 6 heteroatoms. The highest BCUT2D eigenvalue weighted by Crippen LogP contribution is 2.41. The first-order chi connectivity index (χ1) is 13.0. The Bertz CT molecular complexity index is 1130. The maximum Gasteiger partial charge on any atom is 0.337 e. The van der Waals surface area contributed by atoms with Crippen molar-refractivity contribution in [1.29, 1.82) is 0 Å². The second-order valence-corrected chi connectivity index (χ2v) is 6.27. The monoisotopic (exact) mass is 362 g/mol. The van der Waals surface area contributed by atoms with Crippen LogP contribution >= 0.6 is 0 Å². The van der Waals surface area contributed by atoms with Crippen LogP contribution in [0.4, 0.5) is 10.1 Å². The summed E-state index contributed by atoms with van der Waals surface area (Å²) in [6.07, 6.45) is 2.99. The fourth-order valence-corrected chi connectivity index (χ4v) is 3.32. The molecule has 1 amide bonds. The lowest BCUT2D eigenvalue weighted by Crippen LogP contribution is -2.03. The molecule has 3 aromatic rings. The number of rotatable bonds is 3. The minimum atomic E-state index is -1.04. The molecule has 27 heavy (non-hydrogen) atoms. The van der Waals surface area contributed by atoms with E-state index in [2.05, 4.69) is 10.3 Å². The molecule has 0 fully saturated rings. The first kappa shape index (κ1) is 16.8. The second-order valence-electron chi connectivity index (χ2n) is 6.27. The summed E-state index contributed by atoms with van der Waals surface area (Å²) in [5.41, 5.74) is 3.72. The molecule has 3 N–H and O–H groups in total. The van der Waals surface area contributed by atoms with Gasteiger partial charge in [-0.25, -0.2) is 9.18 Å². The highest BCUT2D eigenvalue weighted by molar-refractivity contribution is 6.36. The van der Waals surface area contributed by atoms with Gasteiger partial charge in [0.2, 0.25) is 0 Å². The molecule has 0 atom stereocenters. The Morgan fingerprint density at radius 2 is 1.85 bits per heavy atom. The lowest BCUT2D eigenvalue weighted by molar-refractivity contribution is -0.110. The van der Waals surface area contributed by atoms with Gasteiger partial charge in [-0.05, 0) is 36.3 Å². The van der Waals surface area contributed by atoms with Gasteiger partial charge in [0.1, 0.15) is 5.82 Å². The van der Waals surface area contributed by atoms with Crippen LogP contribution in [0.15, 0.2) is 48.7 Å². The molecule has 0 spiro atoms. The van der Waals surface area contributed by atoms with Crippen molar-refractivity contribution in [2.24, 2.45) is 0 Å². The quantitative estimate of drug-likeness (QED) is 0.607. The van der Waals surface area contributed by atoms with Crippen molar-refractivity contribution in [2.75, 3.05) is 5.32 Å². The number of halogens is 1. The van der Waals surface area contributed by atoms with Gasteiger partial charge in [-0.15, -0.1) is 0 Å². The Hall–Kier alpha value is -3.67. The van der Waals surface area contributed by atoms with Crippen molar-refractivity contribution in [3.05, 3.63) is 76.9 Å². The molecule has 0 saturated carbocycles. The molecule has 0 unspecified atom stereocenters. The number of hydrogen-bond donors (Lipinski definition) is 3. The van der Waals surface area contributed by atoms with Crippen molar-refractivity contribution >= 4 is 29.2 Å². The number of aromatic carboxylic acids is 1. The fourth-order valence-electron chi connectivity index (χ4n) is 3.32. The Kier molecular flexibility index (Phi) is 3.88. The summed E-state index contributed by atoms with van der Waals surface area (Å²) in [5.74, 6) is -1.75. The summed E-state index contributed by atoms with van der Waals surface area (Å²) >= 11 is 0. The summed E-state index contributed by atoms with van der Waals surface area (Å²) < 4.78 is 14.4. The largest absolute Gasteiger partial charge is 0.478 e. The Morgan fingerprint density at radius 3 is 2.56 bits per heavy atom. The molecule has 1 aliphatic rings. The van der Waals surface area contributed by atoms with Gasteiger partial charge in [0.25, 0.3) is 5.91 Å². The number of benzene rings is 2. The number of fused-ring (bicyclic) bond motifs is 1. The van der Waals surface area contributed by atoms with E-state index in [1.165, 1.54) is 12.3 Å². The van der Waals surface area contributed by atoms with E-state index in [4.69, 9.17) is 0 Å². The smallest absolute Gasteiger partial charge is 0.337 e. The number of anilines is 1. The Morgan fingerprint density at radius 1 is 1.11 bits per heavy atom. The number of carboxylic acids is 1. The number of amides is 1. The molecule has 0 bridgehead atoms. The highest BCUT2D eigenvalue weighted by atomic mass is 19.1. The van der Waals surface area contributed by atoms with Gasteiger partial charge in [0.05, 0.1) is 11.1 Å². The predicted molar refractivity (Wildman–Crippen MR) is 101 cm³/mol. The molecular weight excluding hydrogens is 347 g/mol. The van der Waals surface area contributed by atoms with Crippen molar-refractivity contribution in [2.45, 2.75) is 6.92 Å². The first-order valence-electron chi connectivity index (χ1n) is 8.30. The summed E-state index contributed by atoms with van der Waals surface area (Å²) in [6, 6.07) is 11.6. The summed E-state index contributed by atoms with van der Waals surface area (Å²) in [6.45, 7) is 1.67. The lowest BCUT2D eigenvalue weighted by Gasteiger charge is -2.09. The predicted octanol–water partition coefficient (Wildman–Crippen LogP) is 4.32. The Labute approximate surface area is 154 Å². The van der Waals surface area contributed by atoms with Crippen LogP contribution in [0.1, 0.15) is 27.2 Å². The van der Waals surface area contributed by atoms with Crippen LogP contribution in [0, 0.1) is 12.7 Å². The van der Waals surface area contributed by atoms with Crippen LogP contribution in [-0.4, -0.2) is 22.0 Å². The number of carboxylic acid groups (broad SMARTS) is 1. The summed E-state index contributed by atoms with van der Waals surface area (Å²) in [7, 11) is 0. The molecule has 1 aliphatic heterocycles. The third kappa shape index (κ3) is 2.71. The SMILES string of the molecule is Cc1c(C(=O)O)c[nH]c1/C=C1\C(=O)Nc2cccc(-c3ccccc3F)c21. The lowest BCUT2D eigenvalue weighted by atomic mass is 9.94. The third-order valence-corrected chi connectivity index (χ3v) is 4.69. The highest BCUT2D eigenvalue weighted by Gasteiger charge is 2.28. The van der Waals surface area contributed by atoms with E-state index in [1.807, 2.05) is 0 Å². The zero-order valence-electron chi connectivity index (χ0n) is 14.3. The number of hydrogen-bond acceptors (Lipinski definition) is 2. The molecule has 1 aromatic heterocycles. The van der Waals surface area contributed by atoms with Gasteiger partial charge in [-0.3, -0.25) is 4.79 Å².